The monoisotopic (exact) mass is 509 g/mol. The molecule has 36 heavy (non-hydrogen) atoms. The highest BCUT2D eigenvalue weighted by atomic mass is 32.1. The fourth-order valence-electron chi connectivity index (χ4n) is 3.89. The lowest BCUT2D eigenvalue weighted by Crippen LogP contribution is -2.22. The smallest absolute Gasteiger partial charge is 0.340 e. The predicted molar refractivity (Wildman–Crippen MR) is 131 cm³/mol. The molecule has 3 aromatic rings. The third-order valence-electron chi connectivity index (χ3n) is 5.61. The molecule has 4 rings (SSSR count). The molecule has 2 N–H and O–H groups in total. The van der Waals surface area contributed by atoms with Crippen LogP contribution in [0.5, 0.6) is 11.5 Å². The van der Waals surface area contributed by atoms with Crippen LogP contribution in [0.4, 0.5) is 10.7 Å². The van der Waals surface area contributed by atoms with Gasteiger partial charge in [0.2, 0.25) is 0 Å². The molecule has 0 saturated heterocycles. The molecule has 1 aliphatic carbocycles. The Morgan fingerprint density at radius 1 is 1.11 bits per heavy atom. The summed E-state index contributed by atoms with van der Waals surface area (Å²) in [7, 11) is 2.81. The summed E-state index contributed by atoms with van der Waals surface area (Å²) in [5, 5.41) is 15.3. The number of carbonyl (C=O) groups excluding carboxylic acids is 3. The molecule has 0 spiro atoms. The van der Waals surface area contributed by atoms with Crippen LogP contribution >= 0.6 is 11.3 Å². The van der Waals surface area contributed by atoms with Crippen molar-refractivity contribution in [2.45, 2.75) is 25.7 Å². The van der Waals surface area contributed by atoms with Gasteiger partial charge in [-0.25, -0.2) is 4.79 Å². The molecular formula is C25H23N3O7S. The lowest BCUT2D eigenvalue weighted by molar-refractivity contribution is -0.119. The number of nitriles is 1. The molecule has 0 saturated carbocycles. The van der Waals surface area contributed by atoms with Crippen LogP contribution < -0.4 is 20.1 Å². The van der Waals surface area contributed by atoms with E-state index in [2.05, 4.69) is 16.7 Å². The first-order valence-corrected chi connectivity index (χ1v) is 11.9. The Hall–Kier alpha value is -4.30. The van der Waals surface area contributed by atoms with Crippen molar-refractivity contribution < 1.29 is 33.0 Å². The van der Waals surface area contributed by atoms with Gasteiger partial charge in [0.15, 0.2) is 23.9 Å². The van der Waals surface area contributed by atoms with Gasteiger partial charge in [-0.2, -0.15) is 5.26 Å². The summed E-state index contributed by atoms with van der Waals surface area (Å²) in [5.41, 5.74) is 1.49. The number of anilines is 2. The number of nitrogens with zero attached hydrogens (tertiary/aromatic N) is 1. The number of benzene rings is 1. The second-order valence-electron chi connectivity index (χ2n) is 7.84. The third kappa shape index (κ3) is 5.18. The number of nitrogens with one attached hydrogen (secondary N) is 2. The van der Waals surface area contributed by atoms with E-state index in [1.54, 1.807) is 6.07 Å². The van der Waals surface area contributed by atoms with Gasteiger partial charge >= 0.3 is 5.97 Å². The number of hydrogen-bond acceptors (Lipinski definition) is 9. The number of methoxy groups -OCH3 is 2. The highest BCUT2D eigenvalue weighted by Gasteiger charge is 2.24. The standard InChI is InChI=1S/C25H23N3O7S/c1-32-19-10-15(17(11-20(19)33-2)27-23(30)18-7-5-9-34-18)25(31)35-13-22(29)28-24-16(12-26)14-6-3-4-8-21(14)36-24/h5,7,9-11H,3-4,6,8,13H2,1-2H3,(H,27,30)(H,28,29). The molecule has 2 heterocycles. The van der Waals surface area contributed by atoms with Gasteiger partial charge in [0.1, 0.15) is 11.1 Å². The molecular weight excluding hydrogens is 486 g/mol. The molecule has 2 amide bonds. The molecule has 0 atom stereocenters. The summed E-state index contributed by atoms with van der Waals surface area (Å²) < 4.78 is 20.8. The Morgan fingerprint density at radius 3 is 2.56 bits per heavy atom. The maximum Gasteiger partial charge on any atom is 0.340 e. The number of thiophene rings is 1. The fraction of sp³-hybridized carbons (Fsp3) is 0.280. The number of carbonyl (C=O) groups is 3. The predicted octanol–water partition coefficient (Wildman–Crippen LogP) is 4.16. The maximum atomic E-state index is 12.9. The van der Waals surface area contributed by atoms with Crippen LogP contribution in [0.3, 0.4) is 0 Å². The average molecular weight is 510 g/mol. The number of fused-ring (bicyclic) bond motifs is 1. The van der Waals surface area contributed by atoms with Crippen LogP contribution in [0.1, 0.15) is 49.8 Å². The summed E-state index contributed by atoms with van der Waals surface area (Å²) in [6, 6.07) is 7.95. The topological polar surface area (TPSA) is 140 Å². The number of hydrogen-bond donors (Lipinski definition) is 2. The Kier molecular flexibility index (Phi) is 7.56. The highest BCUT2D eigenvalue weighted by molar-refractivity contribution is 7.16. The Morgan fingerprint density at radius 2 is 1.86 bits per heavy atom. The number of amides is 2. The van der Waals surface area contributed by atoms with Crippen molar-refractivity contribution in [1.82, 2.24) is 0 Å². The number of aryl methyl sites for hydroxylation is 1. The number of esters is 1. The molecule has 0 fully saturated rings. The molecule has 0 radical (unpaired) electrons. The molecule has 11 heteroatoms. The summed E-state index contributed by atoms with van der Waals surface area (Å²) >= 11 is 1.38. The Labute approximate surface area is 210 Å². The van der Waals surface area contributed by atoms with Crippen molar-refractivity contribution in [3.05, 3.63) is 57.9 Å². The van der Waals surface area contributed by atoms with Crippen LogP contribution in [0, 0.1) is 11.3 Å². The van der Waals surface area contributed by atoms with E-state index >= 15 is 0 Å². The van der Waals surface area contributed by atoms with Gasteiger partial charge in [-0.3, -0.25) is 9.59 Å². The Balaban J connectivity index is 1.49. The molecule has 186 valence electrons. The van der Waals surface area contributed by atoms with Crippen molar-refractivity contribution in [1.29, 1.82) is 5.26 Å². The molecule has 0 unspecified atom stereocenters. The quantitative estimate of drug-likeness (QED) is 0.432. The van der Waals surface area contributed by atoms with E-state index in [1.807, 2.05) is 0 Å². The lowest BCUT2D eigenvalue weighted by atomic mass is 9.96. The van der Waals surface area contributed by atoms with Crippen molar-refractivity contribution in [3.8, 4) is 17.6 Å². The van der Waals surface area contributed by atoms with E-state index in [0.29, 0.717) is 10.6 Å². The summed E-state index contributed by atoms with van der Waals surface area (Å²) in [5.74, 6) is -1.51. The van der Waals surface area contributed by atoms with E-state index in [9.17, 15) is 19.6 Å². The van der Waals surface area contributed by atoms with Crippen molar-refractivity contribution in [2.75, 3.05) is 31.5 Å². The van der Waals surface area contributed by atoms with Crippen molar-refractivity contribution in [2.24, 2.45) is 0 Å². The van der Waals surface area contributed by atoms with Crippen LogP contribution in [0.2, 0.25) is 0 Å². The first kappa shape index (κ1) is 24.8. The molecule has 1 aromatic carbocycles. The van der Waals surface area contributed by atoms with Crippen LogP contribution in [-0.2, 0) is 22.4 Å². The van der Waals surface area contributed by atoms with E-state index in [0.717, 1.165) is 36.1 Å². The first-order valence-electron chi connectivity index (χ1n) is 11.1. The summed E-state index contributed by atoms with van der Waals surface area (Å²) in [4.78, 5) is 39.1. The molecule has 1 aliphatic rings. The minimum atomic E-state index is -0.869. The molecule has 10 nitrogen and oxygen atoms in total. The van der Waals surface area contributed by atoms with E-state index in [-0.39, 0.29) is 28.5 Å². The largest absolute Gasteiger partial charge is 0.493 e. The fourth-order valence-corrected chi connectivity index (χ4v) is 5.14. The van der Waals surface area contributed by atoms with Crippen molar-refractivity contribution in [3.63, 3.8) is 0 Å². The number of furan rings is 1. The van der Waals surface area contributed by atoms with Gasteiger partial charge in [0.25, 0.3) is 11.8 Å². The zero-order valence-corrected chi connectivity index (χ0v) is 20.5. The average Bonchev–Trinajstić information content (AvgIpc) is 3.55. The van der Waals surface area contributed by atoms with Gasteiger partial charge in [-0.15, -0.1) is 11.3 Å². The first-order chi connectivity index (χ1) is 17.4. The van der Waals surface area contributed by atoms with Gasteiger partial charge in [0.05, 0.1) is 37.3 Å². The third-order valence-corrected chi connectivity index (χ3v) is 6.81. The second kappa shape index (κ2) is 11.0. The van der Waals surface area contributed by atoms with Gasteiger partial charge in [-0.05, 0) is 43.4 Å². The van der Waals surface area contributed by atoms with Crippen LogP contribution in [-0.4, -0.2) is 38.6 Å². The SMILES string of the molecule is COc1cc(NC(=O)c2ccco2)c(C(=O)OCC(=O)Nc2sc3c(c2C#N)CCCC3)cc1OC. The molecule has 0 bridgehead atoms. The Bertz CT molecular complexity index is 1340. The second-order valence-corrected chi connectivity index (χ2v) is 8.94. The normalized spacial score (nSPS) is 12.1. The zero-order chi connectivity index (χ0) is 25.7. The van der Waals surface area contributed by atoms with E-state index in [4.69, 9.17) is 18.6 Å². The van der Waals surface area contributed by atoms with Crippen LogP contribution in [0.25, 0.3) is 0 Å². The van der Waals surface area contributed by atoms with Crippen LogP contribution in [0.15, 0.2) is 34.9 Å². The van der Waals surface area contributed by atoms with Gasteiger partial charge < -0.3 is 29.3 Å². The summed E-state index contributed by atoms with van der Waals surface area (Å²) in [6.07, 6.45) is 5.09. The minimum absolute atomic E-state index is 0.0374. The minimum Gasteiger partial charge on any atom is -0.493 e. The van der Waals surface area contributed by atoms with Crippen molar-refractivity contribution >= 4 is 39.8 Å². The van der Waals surface area contributed by atoms with E-state index in [1.165, 1.54) is 50.0 Å². The lowest BCUT2D eigenvalue weighted by Gasteiger charge is -2.15. The van der Waals surface area contributed by atoms with E-state index < -0.39 is 24.4 Å². The van der Waals surface area contributed by atoms with Gasteiger partial charge in [0, 0.05) is 17.0 Å². The van der Waals surface area contributed by atoms with Gasteiger partial charge in [-0.1, -0.05) is 0 Å². The number of ether oxygens (including phenoxy) is 3. The zero-order valence-electron chi connectivity index (χ0n) is 19.6. The summed E-state index contributed by atoms with van der Waals surface area (Å²) in [6.45, 7) is -0.591. The molecule has 0 aliphatic heterocycles. The molecule has 2 aromatic heterocycles. The maximum absolute atomic E-state index is 12.9. The highest BCUT2D eigenvalue weighted by Crippen LogP contribution is 2.38. The number of rotatable bonds is 8.